The highest BCUT2D eigenvalue weighted by Gasteiger charge is 2.19. The maximum absolute atomic E-state index is 10.8. The summed E-state index contributed by atoms with van der Waals surface area (Å²) in [6.45, 7) is 1.98. The van der Waals surface area contributed by atoms with E-state index in [9.17, 15) is 52.7 Å². The van der Waals surface area contributed by atoms with E-state index in [-0.39, 0.29) is 62.6 Å². The topological polar surface area (TPSA) is 629 Å². The van der Waals surface area contributed by atoms with E-state index in [1.807, 2.05) is 104 Å². The lowest BCUT2D eigenvalue weighted by Gasteiger charge is -2.06. The van der Waals surface area contributed by atoms with E-state index >= 15 is 0 Å². The number of phenolic OH excluding ortho intramolecular Hbond substituents is 1. The average Bonchev–Trinajstić information content (AvgIpc) is 1.66. The first-order valence-electron chi connectivity index (χ1n) is 39.6. The fraction of sp³-hybridized carbons (Fsp3) is 0.0729. The number of hydrogen-bond donors (Lipinski definition) is 20. The number of hydrogen-bond acceptors (Lipinski definition) is 18. The number of nitrogens with zero attached hydrogens (tertiary/aromatic N) is 4. The number of fused-ring (bicyclic) bond motifs is 10. The van der Waals surface area contributed by atoms with Gasteiger partial charge in [-0.15, -0.1) is 0 Å². The van der Waals surface area contributed by atoms with Gasteiger partial charge in [0.2, 0.25) is 0 Å². The number of carboxylic acids is 11. The smallest absolute Gasteiger partial charge is 0.357 e. The van der Waals surface area contributed by atoms with Crippen LogP contribution in [0.25, 0.3) is 109 Å². The summed E-state index contributed by atoms with van der Waals surface area (Å²) in [7, 11) is 9.69. The SMILES string of the molecule is COc1cc2cc(C(=O)O)[nH]c2cc1OC.COc1ccc2[nH]c(C(=O)O)cc2c1.COc1cccc2[nH]c(C(=O)O)cc12.Cc1ccc2[nH]c(C(=O)O)cc2c1.Cn1c(C(=O)O)cc2ccccc21.Cn1nc(C(=O)O)c2ccccc21.O=C(O)c1cc2cc(O)ccc2[nH]1.O=C(O)c1cc2ccccc2[nH]1.O=C(O)c1ccc2[nH]c(C(=O)O)cc2c1.O=C(O)c1n[nH]c2ccccc12. The average molecular weight is 1840 g/mol. The number of methoxy groups -OCH3 is 4. The summed E-state index contributed by atoms with van der Waals surface area (Å²) in [6.07, 6.45) is 0. The Hall–Kier alpha value is -19.4. The molecular formula is C96H82N12O27. The quantitative estimate of drug-likeness (QED) is 0.0453. The molecule has 0 saturated heterocycles. The van der Waals surface area contributed by atoms with Crippen LogP contribution in [0.3, 0.4) is 0 Å². The number of benzene rings is 10. The number of carbonyl (C=O) groups is 11. The number of H-pyrrole nitrogens is 8. The van der Waals surface area contributed by atoms with Crippen LogP contribution < -0.4 is 18.9 Å². The molecule has 0 bridgehead atoms. The highest BCUT2D eigenvalue weighted by Crippen LogP contribution is 2.33. The number of aromatic nitrogens is 12. The number of rotatable bonds is 15. The van der Waals surface area contributed by atoms with Gasteiger partial charge in [0.15, 0.2) is 22.9 Å². The fourth-order valence-electron chi connectivity index (χ4n) is 13.5. The first-order chi connectivity index (χ1) is 64.4. The van der Waals surface area contributed by atoms with Crippen LogP contribution in [0, 0.1) is 6.92 Å². The molecule has 0 spiro atoms. The van der Waals surface area contributed by atoms with Crippen molar-refractivity contribution in [3.05, 3.63) is 317 Å². The van der Waals surface area contributed by atoms with Gasteiger partial charge < -0.3 is 120 Å². The van der Waals surface area contributed by atoms with Crippen molar-refractivity contribution in [3.8, 4) is 28.7 Å². The zero-order valence-corrected chi connectivity index (χ0v) is 72.0. The Morgan fingerprint density at radius 1 is 0.289 bits per heavy atom. The predicted molar refractivity (Wildman–Crippen MR) is 497 cm³/mol. The molecule has 135 heavy (non-hydrogen) atoms. The molecule has 0 fully saturated rings. The summed E-state index contributed by atoms with van der Waals surface area (Å²) < 4.78 is 23.6. The van der Waals surface area contributed by atoms with Crippen LogP contribution in [-0.2, 0) is 14.1 Å². The summed E-state index contributed by atoms with van der Waals surface area (Å²) in [5.41, 5.74) is 10.7. The molecule has 20 N–H and O–H groups in total. The van der Waals surface area contributed by atoms with Gasteiger partial charge in [0, 0.05) is 113 Å². The van der Waals surface area contributed by atoms with Gasteiger partial charge in [-0.05, 0) is 165 Å². The second-order valence-electron chi connectivity index (χ2n) is 28.8. The third kappa shape index (κ3) is 23.7. The van der Waals surface area contributed by atoms with Crippen LogP contribution in [-0.4, -0.2) is 215 Å². The Bertz CT molecular complexity index is 7670. The van der Waals surface area contributed by atoms with Crippen molar-refractivity contribution in [2.75, 3.05) is 28.4 Å². The Balaban J connectivity index is 0.000000144. The van der Waals surface area contributed by atoms with E-state index in [1.54, 1.807) is 153 Å². The second-order valence-corrected chi connectivity index (χ2v) is 28.8. The first kappa shape index (κ1) is 96.3. The monoisotopic (exact) mass is 1830 g/mol. The van der Waals surface area contributed by atoms with Crippen molar-refractivity contribution in [1.82, 2.24) is 59.4 Å². The zero-order valence-electron chi connectivity index (χ0n) is 72.0. The Kier molecular flexibility index (Phi) is 30.6. The highest BCUT2D eigenvalue weighted by atomic mass is 16.5. The van der Waals surface area contributed by atoms with Crippen molar-refractivity contribution in [1.29, 1.82) is 0 Å². The Morgan fingerprint density at radius 2 is 0.696 bits per heavy atom. The molecule has 39 heteroatoms. The highest BCUT2D eigenvalue weighted by molar-refractivity contribution is 6.04. The number of carboxylic acid groups (broad SMARTS) is 11. The molecule has 20 rings (SSSR count). The third-order valence-corrected chi connectivity index (χ3v) is 20.0. The third-order valence-electron chi connectivity index (χ3n) is 20.0. The molecule has 39 nitrogen and oxygen atoms in total. The summed E-state index contributed by atoms with van der Waals surface area (Å²) in [5, 5.41) is 123. The minimum Gasteiger partial charge on any atom is -0.508 e. The molecule has 10 aromatic carbocycles. The molecule has 0 radical (unpaired) electrons. The van der Waals surface area contributed by atoms with Crippen molar-refractivity contribution >= 4 is 175 Å². The summed E-state index contributed by atoms with van der Waals surface area (Å²) in [5.74, 6) is -8.10. The molecular weight excluding hydrogens is 1750 g/mol. The van der Waals surface area contributed by atoms with Gasteiger partial charge >= 0.3 is 65.7 Å². The number of ether oxygens (including phenoxy) is 4. The van der Waals surface area contributed by atoms with Gasteiger partial charge in [0.1, 0.15) is 62.8 Å². The first-order valence-corrected chi connectivity index (χ1v) is 39.6. The van der Waals surface area contributed by atoms with E-state index in [1.165, 1.54) is 50.6 Å². The number of aromatic carboxylic acids is 11. The largest absolute Gasteiger partial charge is 0.508 e. The van der Waals surface area contributed by atoms with Crippen LogP contribution in [0.4, 0.5) is 0 Å². The lowest BCUT2D eigenvalue weighted by Crippen LogP contribution is -2.03. The summed E-state index contributed by atoms with van der Waals surface area (Å²) >= 11 is 0. The number of aromatic hydroxyl groups is 1. The molecule has 0 aliphatic carbocycles. The lowest BCUT2D eigenvalue weighted by atomic mass is 10.1. The summed E-state index contributed by atoms with van der Waals surface area (Å²) in [6, 6.07) is 71.0. The van der Waals surface area contributed by atoms with Crippen LogP contribution in [0.5, 0.6) is 28.7 Å². The van der Waals surface area contributed by atoms with Crippen molar-refractivity contribution in [2.24, 2.45) is 14.1 Å². The van der Waals surface area contributed by atoms with Crippen LogP contribution in [0.15, 0.2) is 249 Å². The van der Waals surface area contributed by atoms with Gasteiger partial charge in [0.25, 0.3) is 0 Å². The van der Waals surface area contributed by atoms with Gasteiger partial charge in [-0.3, -0.25) is 9.78 Å². The lowest BCUT2D eigenvalue weighted by molar-refractivity contribution is 0.0676. The molecule has 0 atom stereocenters. The van der Waals surface area contributed by atoms with Gasteiger partial charge in [0.05, 0.1) is 50.6 Å². The molecule has 0 aliphatic heterocycles. The van der Waals surface area contributed by atoms with Crippen LogP contribution in [0.1, 0.15) is 121 Å². The van der Waals surface area contributed by atoms with Crippen molar-refractivity contribution in [2.45, 2.75) is 6.92 Å². The van der Waals surface area contributed by atoms with E-state index in [4.69, 9.17) is 80.2 Å². The standard InChI is InChI=1S/C11H11NO4.C10H7NO4.2C10H9NO3.2C10H9NO2.C9H8N2O2.C9H7NO3.C9H7NO2.C8H6N2O2/c1-15-9-4-6-3-8(11(13)14)12-7(6)5-10(9)16-2;12-9(13)5-1-2-7-6(3-5)4-8(11-7)10(14)15;1-14-7-2-3-8-6(4-7)5-9(11-8)10(12)13;1-14-9-4-2-3-7-6(9)5-8(11-7)10(12)13;1-6-2-3-8-7(4-6)5-9(11-8)10(12)13;1-11-8-5-3-2-4-7(8)6-9(11)10(12)13;1-11-7-5-3-2-4-6(7)8(10-11)9(12)13;11-6-1-2-7-5(3-6)4-8(10-7)9(12)13;11-9(12)8-5-6-3-1-2-4-7(6)10-8;11-8(12)7-5-3-1-2-4-6(5)9-10-7/h3-5,12H,1-2H3,(H,13,14);1-4,11H,(H,12,13)(H,14,15);2*2-5,11H,1H3,(H,12,13);2-5,11H,1H3,(H,12,13);2-6H,1H3,(H,12,13);2-5H,1H3,(H,12,13);1-4,10-11H,(H,12,13);1-5,10H,(H,11,12);1-4H,(H,9,10)(H,11,12). The van der Waals surface area contributed by atoms with Gasteiger partial charge in [-0.25, -0.2) is 52.7 Å². The van der Waals surface area contributed by atoms with Gasteiger partial charge in [-0.2, -0.15) is 10.2 Å². The molecule has 20 aromatic rings. The molecule has 10 heterocycles. The van der Waals surface area contributed by atoms with E-state index in [2.05, 4.69) is 50.2 Å². The predicted octanol–water partition coefficient (Wildman–Crippen LogP) is 17.2. The number of para-hydroxylation sites is 4. The zero-order chi connectivity index (χ0) is 97.8. The van der Waals surface area contributed by atoms with Gasteiger partial charge in [-0.1, -0.05) is 90.5 Å². The van der Waals surface area contributed by atoms with E-state index < -0.39 is 65.7 Å². The molecule has 0 unspecified atom stereocenters. The normalized spacial score (nSPS) is 10.4. The number of phenols is 1. The minimum absolute atomic E-state index is 0.0486. The molecule has 10 aromatic heterocycles. The minimum atomic E-state index is -1.07. The van der Waals surface area contributed by atoms with Crippen LogP contribution in [0.2, 0.25) is 0 Å². The second kappa shape index (κ2) is 43.0. The maximum atomic E-state index is 10.8. The number of nitrogens with one attached hydrogen (secondary N) is 8. The molecule has 0 amide bonds. The fourth-order valence-corrected chi connectivity index (χ4v) is 13.5. The Labute approximate surface area is 758 Å². The van der Waals surface area contributed by atoms with Crippen LogP contribution >= 0.6 is 0 Å². The van der Waals surface area contributed by atoms with E-state index in [0.29, 0.717) is 66.8 Å². The molecule has 0 saturated carbocycles. The van der Waals surface area contributed by atoms with E-state index in [0.717, 1.165) is 76.5 Å². The van der Waals surface area contributed by atoms with Crippen molar-refractivity contribution < 1.29 is 133 Å². The number of aryl methyl sites for hydroxylation is 3. The molecule has 688 valence electrons. The Morgan fingerprint density at radius 3 is 1.20 bits per heavy atom. The number of aromatic amines is 8. The maximum Gasteiger partial charge on any atom is 0.357 e. The summed E-state index contributed by atoms with van der Waals surface area (Å²) in [4.78, 5) is 137. The molecule has 0 aliphatic rings. The van der Waals surface area contributed by atoms with Crippen molar-refractivity contribution in [3.63, 3.8) is 0 Å².